The van der Waals surface area contributed by atoms with Crippen LogP contribution in [0.1, 0.15) is 0 Å². The van der Waals surface area contributed by atoms with Crippen LogP contribution >= 0.6 is 0 Å². The van der Waals surface area contributed by atoms with E-state index < -0.39 is 0 Å². The maximum atomic E-state index is 5.58. The van der Waals surface area contributed by atoms with Gasteiger partial charge in [0.2, 0.25) is 5.88 Å². The molecule has 0 saturated heterocycles. The number of anilines is 1. The number of ether oxygens (including phenoxy) is 1. The number of aromatic nitrogens is 2. The zero-order valence-electron chi connectivity index (χ0n) is 7.84. The number of benzene rings is 1. The van der Waals surface area contributed by atoms with Crippen LogP contribution in [0.4, 0.5) is 5.69 Å². The second kappa shape index (κ2) is 3.41. The lowest BCUT2D eigenvalue weighted by Gasteiger charge is -2.00. The van der Waals surface area contributed by atoms with Gasteiger partial charge in [0.25, 0.3) is 0 Å². The molecule has 1 aromatic carbocycles. The number of rotatable bonds is 2. The summed E-state index contributed by atoms with van der Waals surface area (Å²) in [4.78, 5) is 0. The van der Waals surface area contributed by atoms with Gasteiger partial charge in [-0.25, -0.2) is 4.68 Å². The minimum absolute atomic E-state index is 0.599. The minimum Gasteiger partial charge on any atom is -0.480 e. The minimum atomic E-state index is 0.599. The largest absolute Gasteiger partial charge is 0.480 e. The van der Waals surface area contributed by atoms with E-state index in [-0.39, 0.29) is 0 Å². The summed E-state index contributed by atoms with van der Waals surface area (Å²) in [7, 11) is 1.59. The first-order chi connectivity index (χ1) is 6.79. The Morgan fingerprint density at radius 2 is 1.93 bits per heavy atom. The third-order valence-electron chi connectivity index (χ3n) is 1.93. The summed E-state index contributed by atoms with van der Waals surface area (Å²) < 4.78 is 6.72. The fourth-order valence-corrected chi connectivity index (χ4v) is 1.19. The lowest BCUT2D eigenvalue weighted by molar-refractivity contribution is 0.394. The van der Waals surface area contributed by atoms with Crippen molar-refractivity contribution < 1.29 is 4.74 Å². The first-order valence-electron chi connectivity index (χ1n) is 4.25. The summed E-state index contributed by atoms with van der Waals surface area (Å²) in [5, 5.41) is 4.18. The van der Waals surface area contributed by atoms with Crippen LogP contribution in [0.15, 0.2) is 36.5 Å². The van der Waals surface area contributed by atoms with Gasteiger partial charge in [0.1, 0.15) is 0 Å². The van der Waals surface area contributed by atoms with Gasteiger partial charge < -0.3 is 10.5 Å². The lowest BCUT2D eigenvalue weighted by atomic mass is 10.3. The average molecular weight is 189 g/mol. The third-order valence-corrected chi connectivity index (χ3v) is 1.93. The van der Waals surface area contributed by atoms with Crippen LogP contribution < -0.4 is 10.5 Å². The highest BCUT2D eigenvalue weighted by molar-refractivity contribution is 5.44. The molecule has 0 atom stereocenters. The summed E-state index contributed by atoms with van der Waals surface area (Å²) in [6.45, 7) is 0. The molecule has 0 aliphatic rings. The number of nitrogens with two attached hydrogens (primary N) is 1. The molecule has 4 nitrogen and oxygen atoms in total. The van der Waals surface area contributed by atoms with Gasteiger partial charge in [-0.15, -0.1) is 5.10 Å². The average Bonchev–Trinajstić information content (AvgIpc) is 2.67. The highest BCUT2D eigenvalue weighted by atomic mass is 16.5. The zero-order valence-corrected chi connectivity index (χ0v) is 7.84. The molecule has 2 rings (SSSR count). The predicted octanol–water partition coefficient (Wildman–Crippen LogP) is 1.46. The molecule has 1 aromatic heterocycles. The van der Waals surface area contributed by atoms with E-state index in [1.54, 1.807) is 17.9 Å². The van der Waals surface area contributed by atoms with Crippen molar-refractivity contribution >= 4 is 5.69 Å². The van der Waals surface area contributed by atoms with Crippen LogP contribution in [-0.4, -0.2) is 16.9 Å². The van der Waals surface area contributed by atoms with E-state index in [0.717, 1.165) is 11.4 Å². The molecule has 0 bridgehead atoms. The predicted molar refractivity (Wildman–Crippen MR) is 54.5 cm³/mol. The Balaban J connectivity index is 2.34. The summed E-state index contributed by atoms with van der Waals surface area (Å²) in [6.07, 6.45) is 1.84. The zero-order chi connectivity index (χ0) is 9.97. The summed E-state index contributed by atoms with van der Waals surface area (Å²) >= 11 is 0. The SMILES string of the molecule is COc1ccn(-c2ccc(N)cc2)n1. The molecular formula is C10H11N3O. The van der Waals surface area contributed by atoms with Gasteiger partial charge in [0.15, 0.2) is 0 Å². The molecule has 2 aromatic rings. The molecule has 0 saturated carbocycles. The van der Waals surface area contributed by atoms with Gasteiger partial charge in [0, 0.05) is 18.0 Å². The fourth-order valence-electron chi connectivity index (χ4n) is 1.19. The van der Waals surface area contributed by atoms with E-state index in [0.29, 0.717) is 5.88 Å². The Hall–Kier alpha value is -1.97. The van der Waals surface area contributed by atoms with Gasteiger partial charge in [-0.3, -0.25) is 0 Å². The molecule has 1 heterocycles. The van der Waals surface area contributed by atoms with Gasteiger partial charge in [0.05, 0.1) is 12.8 Å². The first kappa shape index (κ1) is 8.62. The monoisotopic (exact) mass is 189 g/mol. The van der Waals surface area contributed by atoms with Gasteiger partial charge in [-0.1, -0.05) is 0 Å². The van der Waals surface area contributed by atoms with Gasteiger partial charge in [-0.05, 0) is 24.3 Å². The molecule has 0 spiro atoms. The third kappa shape index (κ3) is 1.54. The van der Waals surface area contributed by atoms with Crippen LogP contribution in [0.5, 0.6) is 5.88 Å². The molecular weight excluding hydrogens is 178 g/mol. The second-order valence-corrected chi connectivity index (χ2v) is 2.89. The smallest absolute Gasteiger partial charge is 0.232 e. The molecule has 0 aliphatic heterocycles. The van der Waals surface area contributed by atoms with Crippen molar-refractivity contribution in [3.63, 3.8) is 0 Å². The quantitative estimate of drug-likeness (QED) is 0.728. The number of nitrogens with zero attached hydrogens (tertiary/aromatic N) is 2. The molecule has 72 valence electrons. The molecule has 4 heteroatoms. The Morgan fingerprint density at radius 3 is 2.50 bits per heavy atom. The van der Waals surface area contributed by atoms with Crippen molar-refractivity contribution in [2.45, 2.75) is 0 Å². The van der Waals surface area contributed by atoms with Gasteiger partial charge in [-0.2, -0.15) is 0 Å². The van der Waals surface area contributed by atoms with Crippen LogP contribution in [0.2, 0.25) is 0 Å². The molecule has 0 radical (unpaired) electrons. The van der Waals surface area contributed by atoms with Crippen LogP contribution in [-0.2, 0) is 0 Å². The number of hydrogen-bond acceptors (Lipinski definition) is 3. The van der Waals surface area contributed by atoms with E-state index in [2.05, 4.69) is 5.10 Å². The summed E-state index contributed by atoms with van der Waals surface area (Å²) in [5.74, 6) is 0.599. The Labute approximate surface area is 81.9 Å². The van der Waals surface area contributed by atoms with Crippen LogP contribution in [0.3, 0.4) is 0 Å². The maximum Gasteiger partial charge on any atom is 0.232 e. The van der Waals surface area contributed by atoms with E-state index in [1.807, 2.05) is 30.5 Å². The molecule has 14 heavy (non-hydrogen) atoms. The number of hydrogen-bond donors (Lipinski definition) is 1. The highest BCUT2D eigenvalue weighted by Gasteiger charge is 1.99. The topological polar surface area (TPSA) is 53.1 Å². The highest BCUT2D eigenvalue weighted by Crippen LogP contribution is 2.12. The van der Waals surface area contributed by atoms with Crippen LogP contribution in [0.25, 0.3) is 5.69 Å². The van der Waals surface area contributed by atoms with E-state index >= 15 is 0 Å². The van der Waals surface area contributed by atoms with Crippen molar-refractivity contribution in [2.24, 2.45) is 0 Å². The molecule has 2 N–H and O–H groups in total. The Kier molecular flexibility index (Phi) is 2.10. The Morgan fingerprint density at radius 1 is 1.21 bits per heavy atom. The van der Waals surface area contributed by atoms with E-state index in [1.165, 1.54) is 0 Å². The van der Waals surface area contributed by atoms with E-state index in [4.69, 9.17) is 10.5 Å². The van der Waals surface area contributed by atoms with Crippen molar-refractivity contribution in [2.75, 3.05) is 12.8 Å². The molecule has 0 amide bonds. The first-order valence-corrected chi connectivity index (χ1v) is 4.25. The second-order valence-electron chi connectivity index (χ2n) is 2.89. The normalized spacial score (nSPS) is 10.1. The van der Waals surface area contributed by atoms with Crippen molar-refractivity contribution in [1.29, 1.82) is 0 Å². The fraction of sp³-hybridized carbons (Fsp3) is 0.100. The maximum absolute atomic E-state index is 5.58. The summed E-state index contributed by atoms with van der Waals surface area (Å²) in [6, 6.07) is 9.28. The standard InChI is InChI=1S/C10H11N3O/c1-14-10-6-7-13(12-10)9-4-2-8(11)3-5-9/h2-7H,11H2,1H3. The van der Waals surface area contributed by atoms with Gasteiger partial charge >= 0.3 is 0 Å². The Bertz CT molecular complexity index is 419. The number of nitrogen functional groups attached to an aromatic ring is 1. The van der Waals surface area contributed by atoms with Crippen LogP contribution in [0, 0.1) is 0 Å². The lowest BCUT2D eigenvalue weighted by Crippen LogP contribution is -1.95. The van der Waals surface area contributed by atoms with Crippen molar-refractivity contribution in [3.05, 3.63) is 36.5 Å². The summed E-state index contributed by atoms with van der Waals surface area (Å²) in [5.41, 5.74) is 7.29. The van der Waals surface area contributed by atoms with E-state index in [9.17, 15) is 0 Å². The van der Waals surface area contributed by atoms with Crippen molar-refractivity contribution in [3.8, 4) is 11.6 Å². The molecule has 0 unspecified atom stereocenters. The molecule has 0 fully saturated rings. The number of methoxy groups -OCH3 is 1. The van der Waals surface area contributed by atoms with Crippen molar-refractivity contribution in [1.82, 2.24) is 9.78 Å². The molecule has 0 aliphatic carbocycles.